The average molecular weight is 367 g/mol. The van der Waals surface area contributed by atoms with E-state index in [1.54, 1.807) is 0 Å². The monoisotopic (exact) mass is 366 g/mol. The first-order valence-corrected chi connectivity index (χ1v) is 9.61. The van der Waals surface area contributed by atoms with Crippen molar-refractivity contribution >= 4 is 5.57 Å². The van der Waals surface area contributed by atoms with Crippen LogP contribution in [0.5, 0.6) is 5.75 Å². The second kappa shape index (κ2) is 7.87. The van der Waals surface area contributed by atoms with Crippen molar-refractivity contribution in [2.45, 2.75) is 51.7 Å². The molecule has 2 aromatic rings. The van der Waals surface area contributed by atoms with Crippen LogP contribution in [0.15, 0.2) is 60.2 Å². The number of hydrogen-bond donors (Lipinski definition) is 1. The Kier molecular flexibility index (Phi) is 5.73. The summed E-state index contributed by atoms with van der Waals surface area (Å²) in [6.45, 7) is 9.01. The maximum Gasteiger partial charge on any atom is 0.119 e. The first-order chi connectivity index (χ1) is 12.8. The first-order valence-electron chi connectivity index (χ1n) is 9.61. The Labute approximate surface area is 162 Å². The van der Waals surface area contributed by atoms with E-state index in [0.29, 0.717) is 6.61 Å². The van der Waals surface area contributed by atoms with E-state index < -0.39 is 0 Å². The molecular formula is C24H30O3. The molecule has 3 nitrogen and oxygen atoms in total. The third-order valence-electron chi connectivity index (χ3n) is 4.75. The molecule has 0 bridgehead atoms. The van der Waals surface area contributed by atoms with Gasteiger partial charge in [-0.15, -0.1) is 0 Å². The Morgan fingerprint density at radius 1 is 0.889 bits per heavy atom. The van der Waals surface area contributed by atoms with E-state index in [-0.39, 0.29) is 17.8 Å². The summed E-state index contributed by atoms with van der Waals surface area (Å²) < 4.78 is 11.8. The van der Waals surface area contributed by atoms with Gasteiger partial charge in [-0.3, -0.25) is 0 Å². The molecule has 27 heavy (non-hydrogen) atoms. The van der Waals surface area contributed by atoms with Crippen LogP contribution < -0.4 is 4.74 Å². The minimum absolute atomic E-state index is 0.0191. The molecule has 0 spiro atoms. The van der Waals surface area contributed by atoms with Gasteiger partial charge in [0.05, 0.1) is 17.8 Å². The van der Waals surface area contributed by atoms with Crippen LogP contribution >= 0.6 is 0 Å². The predicted molar refractivity (Wildman–Crippen MR) is 110 cm³/mol. The van der Waals surface area contributed by atoms with Crippen molar-refractivity contribution in [2.75, 3.05) is 13.2 Å². The van der Waals surface area contributed by atoms with E-state index in [9.17, 15) is 0 Å². The summed E-state index contributed by atoms with van der Waals surface area (Å²) in [5.74, 6) is 0.776. The fraction of sp³-hybridized carbons (Fsp3) is 0.417. The third-order valence-corrected chi connectivity index (χ3v) is 4.75. The molecule has 0 radical (unpaired) electrons. The summed E-state index contributed by atoms with van der Waals surface area (Å²) in [6, 6.07) is 18.7. The third kappa shape index (κ3) is 5.00. The van der Waals surface area contributed by atoms with E-state index in [1.165, 1.54) is 22.3 Å². The maximum atomic E-state index is 8.94. The van der Waals surface area contributed by atoms with Gasteiger partial charge >= 0.3 is 0 Å². The van der Waals surface area contributed by atoms with Gasteiger partial charge in [0, 0.05) is 0 Å². The molecule has 3 rings (SSSR count). The lowest BCUT2D eigenvalue weighted by Gasteiger charge is -2.43. The molecule has 0 aromatic heterocycles. The van der Waals surface area contributed by atoms with Gasteiger partial charge in [-0.2, -0.15) is 0 Å². The Balaban J connectivity index is 2.07. The van der Waals surface area contributed by atoms with Gasteiger partial charge in [-0.25, -0.2) is 0 Å². The fourth-order valence-corrected chi connectivity index (χ4v) is 4.15. The highest BCUT2D eigenvalue weighted by Gasteiger charge is 2.37. The largest absolute Gasteiger partial charge is 0.491 e. The Bertz CT molecular complexity index is 768. The summed E-state index contributed by atoms with van der Waals surface area (Å²) >= 11 is 0. The predicted octanol–water partition coefficient (Wildman–Crippen LogP) is 5.23. The van der Waals surface area contributed by atoms with Gasteiger partial charge in [0.1, 0.15) is 12.4 Å². The van der Waals surface area contributed by atoms with E-state index in [1.807, 2.05) is 12.1 Å². The highest BCUT2D eigenvalue weighted by Crippen LogP contribution is 2.43. The summed E-state index contributed by atoms with van der Waals surface area (Å²) in [6.07, 6.45) is 1.81. The number of aliphatic hydroxyl groups excluding tert-OH is 1. The molecule has 1 saturated heterocycles. The number of hydrogen-bond acceptors (Lipinski definition) is 3. The van der Waals surface area contributed by atoms with Crippen LogP contribution in [-0.4, -0.2) is 29.5 Å². The number of aliphatic hydroxyl groups is 1. The van der Waals surface area contributed by atoms with Crippen LogP contribution in [0.2, 0.25) is 0 Å². The second-order valence-electron chi connectivity index (χ2n) is 8.42. The molecule has 0 atom stereocenters. The van der Waals surface area contributed by atoms with Crippen LogP contribution in [0.3, 0.4) is 0 Å². The average Bonchev–Trinajstić information content (AvgIpc) is 2.59. The Morgan fingerprint density at radius 3 is 2.00 bits per heavy atom. The molecule has 0 unspecified atom stereocenters. The highest BCUT2D eigenvalue weighted by atomic mass is 16.5. The van der Waals surface area contributed by atoms with E-state index >= 15 is 0 Å². The minimum Gasteiger partial charge on any atom is -0.491 e. The number of benzene rings is 2. The zero-order valence-corrected chi connectivity index (χ0v) is 16.8. The number of ether oxygens (including phenoxy) is 2. The second-order valence-corrected chi connectivity index (χ2v) is 8.42. The van der Waals surface area contributed by atoms with Gasteiger partial charge in [0.15, 0.2) is 0 Å². The molecule has 1 N–H and O–H groups in total. The lowest BCUT2D eigenvalue weighted by molar-refractivity contribution is -0.138. The fourth-order valence-electron chi connectivity index (χ4n) is 4.15. The molecule has 1 fully saturated rings. The van der Waals surface area contributed by atoms with Gasteiger partial charge in [-0.1, -0.05) is 48.0 Å². The smallest absolute Gasteiger partial charge is 0.119 e. The summed E-state index contributed by atoms with van der Waals surface area (Å²) in [4.78, 5) is 0. The van der Waals surface area contributed by atoms with Crippen molar-refractivity contribution in [1.29, 1.82) is 0 Å². The Morgan fingerprint density at radius 2 is 1.44 bits per heavy atom. The van der Waals surface area contributed by atoms with Crippen molar-refractivity contribution in [2.24, 2.45) is 0 Å². The first kappa shape index (κ1) is 19.7. The molecule has 0 saturated carbocycles. The van der Waals surface area contributed by atoms with Crippen LogP contribution in [0, 0.1) is 0 Å². The lowest BCUT2D eigenvalue weighted by Crippen LogP contribution is -2.42. The molecular weight excluding hydrogens is 336 g/mol. The zero-order chi connectivity index (χ0) is 19.5. The maximum absolute atomic E-state index is 8.94. The standard InChI is InChI=1S/C24H30O3/c1-23(2)16-20(17-24(3,4)27-23)22(18-8-6-5-7-9-18)19-10-12-21(13-11-19)26-15-14-25/h5-13,25H,14-17H2,1-4H3. The normalized spacial score (nSPS) is 18.2. The van der Waals surface area contributed by atoms with Crippen LogP contribution in [-0.2, 0) is 4.74 Å². The quantitative estimate of drug-likeness (QED) is 0.788. The van der Waals surface area contributed by atoms with Gasteiger partial charge in [0.25, 0.3) is 0 Å². The Hall–Kier alpha value is -2.10. The molecule has 144 valence electrons. The highest BCUT2D eigenvalue weighted by molar-refractivity contribution is 5.82. The van der Waals surface area contributed by atoms with E-state index in [4.69, 9.17) is 14.6 Å². The molecule has 1 heterocycles. The van der Waals surface area contributed by atoms with E-state index in [0.717, 1.165) is 18.6 Å². The summed E-state index contributed by atoms with van der Waals surface area (Å²) in [5, 5.41) is 8.94. The minimum atomic E-state index is -0.193. The van der Waals surface area contributed by atoms with Crippen LogP contribution in [0.4, 0.5) is 0 Å². The van der Waals surface area contributed by atoms with Crippen molar-refractivity contribution in [3.05, 3.63) is 71.3 Å². The molecule has 1 aliphatic rings. The molecule has 3 heteroatoms. The summed E-state index contributed by atoms with van der Waals surface area (Å²) in [7, 11) is 0. The van der Waals surface area contributed by atoms with Crippen molar-refractivity contribution in [3.8, 4) is 5.75 Å². The molecule has 0 aliphatic carbocycles. The van der Waals surface area contributed by atoms with Gasteiger partial charge in [0.2, 0.25) is 0 Å². The van der Waals surface area contributed by atoms with Crippen molar-refractivity contribution in [1.82, 2.24) is 0 Å². The van der Waals surface area contributed by atoms with Crippen LogP contribution in [0.1, 0.15) is 51.7 Å². The van der Waals surface area contributed by atoms with Gasteiger partial charge < -0.3 is 14.6 Å². The van der Waals surface area contributed by atoms with Gasteiger partial charge in [-0.05, 0) is 69.4 Å². The topological polar surface area (TPSA) is 38.7 Å². The molecule has 1 aliphatic heterocycles. The molecule has 0 amide bonds. The summed E-state index contributed by atoms with van der Waals surface area (Å²) in [5.41, 5.74) is 4.73. The molecule has 2 aromatic carbocycles. The van der Waals surface area contributed by atoms with Crippen molar-refractivity contribution in [3.63, 3.8) is 0 Å². The van der Waals surface area contributed by atoms with Crippen molar-refractivity contribution < 1.29 is 14.6 Å². The lowest BCUT2D eigenvalue weighted by atomic mass is 9.79. The zero-order valence-electron chi connectivity index (χ0n) is 16.8. The number of rotatable bonds is 5. The SMILES string of the molecule is CC1(C)CC(=C(c2ccccc2)c2ccc(OCCO)cc2)CC(C)(C)O1. The van der Waals surface area contributed by atoms with E-state index in [2.05, 4.69) is 70.2 Å². The van der Waals surface area contributed by atoms with Crippen LogP contribution in [0.25, 0.3) is 5.57 Å².